The van der Waals surface area contributed by atoms with Crippen LogP contribution in [-0.2, 0) is 4.74 Å². The van der Waals surface area contributed by atoms with Crippen LogP contribution in [0.1, 0.15) is 19.3 Å². The first-order valence-electron chi connectivity index (χ1n) is 6.83. The fourth-order valence-electron chi connectivity index (χ4n) is 2.29. The number of rotatable bonds is 8. The Morgan fingerprint density at radius 1 is 1.35 bits per heavy atom. The second kappa shape index (κ2) is 8.86. The van der Waals surface area contributed by atoms with Crippen LogP contribution in [0.3, 0.4) is 0 Å². The van der Waals surface area contributed by atoms with Gasteiger partial charge in [0.25, 0.3) is 0 Å². The quantitative estimate of drug-likeness (QED) is 0.633. The molecule has 1 fully saturated rings. The van der Waals surface area contributed by atoms with Crippen molar-refractivity contribution in [2.24, 2.45) is 0 Å². The molecule has 1 rings (SSSR count). The fraction of sp³-hybridized carbons (Fsp3) is 1.00. The molecule has 0 saturated carbocycles. The van der Waals surface area contributed by atoms with Crippen molar-refractivity contribution in [3.05, 3.63) is 0 Å². The zero-order valence-electron chi connectivity index (χ0n) is 11.7. The molecule has 4 heteroatoms. The van der Waals surface area contributed by atoms with Crippen LogP contribution in [0.4, 0.5) is 0 Å². The van der Waals surface area contributed by atoms with E-state index in [0.717, 1.165) is 26.2 Å². The Morgan fingerprint density at radius 3 is 2.88 bits per heavy atom. The molecule has 0 spiro atoms. The summed E-state index contributed by atoms with van der Waals surface area (Å²) >= 11 is 0. The van der Waals surface area contributed by atoms with Gasteiger partial charge < -0.3 is 15.0 Å². The SMILES string of the molecule is COC1CCCN(CCNCCCN(C)C)C1. The van der Waals surface area contributed by atoms with E-state index in [1.165, 1.54) is 32.4 Å². The van der Waals surface area contributed by atoms with Gasteiger partial charge in [-0.3, -0.25) is 4.90 Å². The van der Waals surface area contributed by atoms with Crippen LogP contribution in [0, 0.1) is 0 Å². The first-order valence-corrected chi connectivity index (χ1v) is 6.83. The van der Waals surface area contributed by atoms with Gasteiger partial charge in [0.05, 0.1) is 6.10 Å². The van der Waals surface area contributed by atoms with Gasteiger partial charge in [-0.15, -0.1) is 0 Å². The van der Waals surface area contributed by atoms with E-state index in [0.29, 0.717) is 6.10 Å². The summed E-state index contributed by atoms with van der Waals surface area (Å²) in [6.45, 7) is 6.89. The van der Waals surface area contributed by atoms with Crippen LogP contribution in [0.2, 0.25) is 0 Å². The van der Waals surface area contributed by atoms with Crippen LogP contribution >= 0.6 is 0 Å². The Kier molecular flexibility index (Phi) is 7.77. The molecule has 0 aromatic rings. The Labute approximate surface area is 106 Å². The van der Waals surface area contributed by atoms with E-state index < -0.39 is 0 Å². The highest BCUT2D eigenvalue weighted by Gasteiger charge is 2.18. The monoisotopic (exact) mass is 243 g/mol. The smallest absolute Gasteiger partial charge is 0.0698 e. The molecule has 1 aliphatic rings. The fourth-order valence-corrected chi connectivity index (χ4v) is 2.29. The van der Waals surface area contributed by atoms with Gasteiger partial charge in [0.15, 0.2) is 0 Å². The highest BCUT2D eigenvalue weighted by Crippen LogP contribution is 2.11. The lowest BCUT2D eigenvalue weighted by atomic mass is 10.1. The topological polar surface area (TPSA) is 27.7 Å². The molecule has 1 heterocycles. The molecule has 17 heavy (non-hydrogen) atoms. The largest absolute Gasteiger partial charge is 0.380 e. The standard InChI is InChI=1S/C13H29N3O/c1-15(2)9-5-7-14-8-11-16-10-4-6-13(12-16)17-3/h13-14H,4-12H2,1-3H3. The maximum atomic E-state index is 5.42. The van der Waals surface area contributed by atoms with Crippen LogP contribution in [0.5, 0.6) is 0 Å². The number of hydrogen-bond donors (Lipinski definition) is 1. The molecule has 0 aliphatic carbocycles. The minimum absolute atomic E-state index is 0.456. The van der Waals surface area contributed by atoms with Crippen molar-refractivity contribution < 1.29 is 4.74 Å². The summed E-state index contributed by atoms with van der Waals surface area (Å²) in [5, 5.41) is 3.51. The Bertz CT molecular complexity index is 188. The van der Waals surface area contributed by atoms with Crippen molar-refractivity contribution in [3.63, 3.8) is 0 Å². The summed E-state index contributed by atoms with van der Waals surface area (Å²) < 4.78 is 5.42. The Hall–Kier alpha value is -0.160. The zero-order chi connectivity index (χ0) is 12.5. The molecule has 0 aromatic carbocycles. The highest BCUT2D eigenvalue weighted by atomic mass is 16.5. The highest BCUT2D eigenvalue weighted by molar-refractivity contribution is 4.73. The van der Waals surface area contributed by atoms with Crippen LogP contribution < -0.4 is 5.32 Å². The normalized spacial score (nSPS) is 22.2. The predicted octanol–water partition coefficient (Wildman–Crippen LogP) is 0.639. The molecular formula is C13H29N3O. The summed E-state index contributed by atoms with van der Waals surface area (Å²) in [6.07, 6.45) is 4.19. The predicted molar refractivity (Wildman–Crippen MR) is 72.5 cm³/mol. The minimum Gasteiger partial charge on any atom is -0.380 e. The maximum absolute atomic E-state index is 5.42. The number of ether oxygens (including phenoxy) is 1. The van der Waals surface area contributed by atoms with Crippen molar-refractivity contribution in [2.45, 2.75) is 25.4 Å². The zero-order valence-corrected chi connectivity index (χ0v) is 11.7. The van der Waals surface area contributed by atoms with Crippen LogP contribution in [0.25, 0.3) is 0 Å². The first-order chi connectivity index (χ1) is 8.22. The third-order valence-electron chi connectivity index (χ3n) is 3.36. The third kappa shape index (κ3) is 6.99. The molecule has 102 valence electrons. The first kappa shape index (κ1) is 14.9. The summed E-state index contributed by atoms with van der Waals surface area (Å²) in [5.74, 6) is 0. The molecule has 0 aromatic heterocycles. The molecule has 0 radical (unpaired) electrons. The molecule has 1 unspecified atom stereocenters. The molecule has 0 amide bonds. The van der Waals surface area contributed by atoms with E-state index in [1.807, 2.05) is 7.11 Å². The van der Waals surface area contributed by atoms with Crippen LogP contribution in [0.15, 0.2) is 0 Å². The van der Waals surface area contributed by atoms with E-state index >= 15 is 0 Å². The van der Waals surface area contributed by atoms with Gasteiger partial charge >= 0.3 is 0 Å². The second-order valence-electron chi connectivity index (χ2n) is 5.21. The van der Waals surface area contributed by atoms with Crippen LogP contribution in [-0.4, -0.2) is 76.4 Å². The summed E-state index contributed by atoms with van der Waals surface area (Å²) in [6, 6.07) is 0. The van der Waals surface area contributed by atoms with Crippen molar-refractivity contribution >= 4 is 0 Å². The summed E-state index contributed by atoms with van der Waals surface area (Å²) in [5.41, 5.74) is 0. The van der Waals surface area contributed by atoms with Gasteiger partial charge in [-0.1, -0.05) is 0 Å². The number of nitrogens with one attached hydrogen (secondary N) is 1. The van der Waals surface area contributed by atoms with Gasteiger partial charge in [-0.05, 0) is 53.0 Å². The van der Waals surface area contributed by atoms with E-state index in [1.54, 1.807) is 0 Å². The molecule has 0 bridgehead atoms. The number of likely N-dealkylation sites (tertiary alicyclic amines) is 1. The summed E-state index contributed by atoms with van der Waals surface area (Å²) in [7, 11) is 6.07. The molecule has 4 nitrogen and oxygen atoms in total. The van der Waals surface area contributed by atoms with E-state index in [4.69, 9.17) is 4.74 Å². The van der Waals surface area contributed by atoms with Gasteiger partial charge in [-0.2, -0.15) is 0 Å². The number of nitrogens with zero attached hydrogens (tertiary/aromatic N) is 2. The average Bonchev–Trinajstić information content (AvgIpc) is 2.33. The number of methoxy groups -OCH3 is 1. The van der Waals surface area contributed by atoms with Gasteiger partial charge in [0.1, 0.15) is 0 Å². The van der Waals surface area contributed by atoms with E-state index in [-0.39, 0.29) is 0 Å². The molecule has 1 aliphatic heterocycles. The van der Waals surface area contributed by atoms with Gasteiger partial charge in [0.2, 0.25) is 0 Å². The second-order valence-corrected chi connectivity index (χ2v) is 5.21. The van der Waals surface area contributed by atoms with E-state index in [9.17, 15) is 0 Å². The Balaban J connectivity index is 1.95. The maximum Gasteiger partial charge on any atom is 0.0698 e. The number of piperidine rings is 1. The molecule has 1 N–H and O–H groups in total. The molecule has 1 atom stereocenters. The van der Waals surface area contributed by atoms with Crippen molar-refractivity contribution in [1.82, 2.24) is 15.1 Å². The van der Waals surface area contributed by atoms with Gasteiger partial charge in [0, 0.05) is 26.7 Å². The lowest BCUT2D eigenvalue weighted by Crippen LogP contribution is -2.42. The third-order valence-corrected chi connectivity index (χ3v) is 3.36. The lowest BCUT2D eigenvalue weighted by Gasteiger charge is -2.31. The number of hydrogen-bond acceptors (Lipinski definition) is 4. The molecule has 1 saturated heterocycles. The minimum atomic E-state index is 0.456. The molecular weight excluding hydrogens is 214 g/mol. The van der Waals surface area contributed by atoms with E-state index in [2.05, 4.69) is 29.2 Å². The lowest BCUT2D eigenvalue weighted by molar-refractivity contribution is 0.0319. The van der Waals surface area contributed by atoms with Crippen molar-refractivity contribution in [2.75, 3.05) is 60.5 Å². The summed E-state index contributed by atoms with van der Waals surface area (Å²) in [4.78, 5) is 4.74. The van der Waals surface area contributed by atoms with Gasteiger partial charge in [-0.25, -0.2) is 0 Å². The van der Waals surface area contributed by atoms with Crippen molar-refractivity contribution in [1.29, 1.82) is 0 Å². The Morgan fingerprint density at radius 2 is 2.18 bits per heavy atom. The van der Waals surface area contributed by atoms with Crippen molar-refractivity contribution in [3.8, 4) is 0 Å². The average molecular weight is 243 g/mol.